The van der Waals surface area contributed by atoms with Crippen LogP contribution in [-0.2, 0) is 0 Å². The molecule has 6 heteroatoms. The van der Waals surface area contributed by atoms with Gasteiger partial charge in [-0.25, -0.2) is 0 Å². The monoisotopic (exact) mass is 581 g/mol. The van der Waals surface area contributed by atoms with Crippen LogP contribution in [0.1, 0.15) is 0 Å². The van der Waals surface area contributed by atoms with E-state index in [-0.39, 0.29) is 11.5 Å². The number of para-hydroxylation sites is 4. The fraction of sp³-hybridized carbons (Fsp3) is 0.0256. The van der Waals surface area contributed by atoms with Crippen molar-refractivity contribution in [3.8, 4) is 11.4 Å². The van der Waals surface area contributed by atoms with Gasteiger partial charge in [-0.3, -0.25) is 19.3 Å². The Morgan fingerprint density at radius 2 is 1.00 bits per heavy atom. The van der Waals surface area contributed by atoms with Crippen molar-refractivity contribution < 1.29 is 0 Å². The van der Waals surface area contributed by atoms with Gasteiger partial charge in [-0.15, -0.1) is 0 Å². The number of hydrogen-bond acceptors (Lipinski definition) is 2. The maximum absolute atomic E-state index is 14.7. The summed E-state index contributed by atoms with van der Waals surface area (Å²) in [6.45, 7) is 0. The molecule has 0 saturated heterocycles. The van der Waals surface area contributed by atoms with E-state index >= 15 is 0 Å². The van der Waals surface area contributed by atoms with Gasteiger partial charge in [0.1, 0.15) is 0 Å². The number of rotatable bonds is 2. The first kappa shape index (κ1) is 25.4. The number of aromatic nitrogens is 3. The minimum atomic E-state index is -0.0971. The number of nitrogens with zero attached hydrogens (tertiary/aromatic N) is 3. The average Bonchev–Trinajstić information content (AvgIpc) is 3.59. The molecule has 0 bridgehead atoms. The second-order valence-electron chi connectivity index (χ2n) is 11.4. The average molecular weight is 582 g/mol. The van der Waals surface area contributed by atoms with Crippen molar-refractivity contribution in [2.45, 2.75) is 0 Å². The summed E-state index contributed by atoms with van der Waals surface area (Å²) in [5.74, 6) is 0.250. The van der Waals surface area contributed by atoms with E-state index in [0.29, 0.717) is 5.39 Å². The van der Waals surface area contributed by atoms with E-state index in [1.807, 2.05) is 69.8 Å². The topological polar surface area (TPSA) is 67.7 Å². The first-order chi connectivity index (χ1) is 22.1. The van der Waals surface area contributed by atoms with Crippen LogP contribution in [-0.4, -0.2) is 26.7 Å². The van der Waals surface area contributed by atoms with Gasteiger partial charge in [0.25, 0.3) is 5.56 Å². The van der Waals surface area contributed by atoms with Crippen molar-refractivity contribution in [2.75, 3.05) is 7.05 Å². The molecule has 0 aliphatic rings. The summed E-state index contributed by atoms with van der Waals surface area (Å²) in [5, 5.41) is 18.6. The van der Waals surface area contributed by atoms with Crippen molar-refractivity contribution in [3.05, 3.63) is 144 Å². The standard InChI is InChI=1S/C39H27N5O/c1-41-39(40)44-34-19-11-9-17-27(34)29-20-28-31-21-30-26-16-8-10-18-33(26)42(24-12-4-2-5-13-24)36(30)23-37(31)43(25-14-6-3-7-15-25)38(45)32(28)22-35(29)44/h2-23H,1H3,(H2,40,41). The van der Waals surface area contributed by atoms with Crippen LogP contribution in [0.3, 0.4) is 0 Å². The van der Waals surface area contributed by atoms with Gasteiger partial charge in [-0.1, -0.05) is 72.8 Å². The number of nitrogens with one attached hydrogen (secondary N) is 2. The second kappa shape index (κ2) is 9.43. The highest BCUT2D eigenvalue weighted by molar-refractivity contribution is 6.22. The summed E-state index contributed by atoms with van der Waals surface area (Å²) in [7, 11) is 1.75. The predicted molar refractivity (Wildman–Crippen MR) is 187 cm³/mol. The van der Waals surface area contributed by atoms with Crippen molar-refractivity contribution in [3.63, 3.8) is 0 Å². The van der Waals surface area contributed by atoms with Gasteiger partial charge in [0.15, 0.2) is 5.96 Å². The summed E-state index contributed by atoms with van der Waals surface area (Å²) in [4.78, 5) is 14.7. The van der Waals surface area contributed by atoms with Gasteiger partial charge in [0, 0.05) is 45.4 Å². The highest BCUT2D eigenvalue weighted by Gasteiger charge is 2.21. The van der Waals surface area contributed by atoms with Crippen LogP contribution in [0.2, 0.25) is 0 Å². The van der Waals surface area contributed by atoms with Crippen LogP contribution in [0, 0.1) is 5.41 Å². The fourth-order valence-corrected chi connectivity index (χ4v) is 7.09. The van der Waals surface area contributed by atoms with E-state index in [1.54, 1.807) is 7.05 Å². The van der Waals surface area contributed by atoms with Crippen molar-refractivity contribution in [1.82, 2.24) is 19.0 Å². The Hall–Kier alpha value is -6.14. The highest BCUT2D eigenvalue weighted by Crippen LogP contribution is 2.39. The first-order valence-electron chi connectivity index (χ1n) is 15.0. The zero-order valence-electron chi connectivity index (χ0n) is 24.5. The molecule has 214 valence electrons. The molecule has 0 aliphatic carbocycles. The summed E-state index contributed by atoms with van der Waals surface area (Å²) < 4.78 is 6.01. The van der Waals surface area contributed by atoms with Crippen LogP contribution in [0.25, 0.3) is 76.7 Å². The highest BCUT2D eigenvalue weighted by atomic mass is 16.1. The third-order valence-electron chi connectivity index (χ3n) is 9.06. The van der Waals surface area contributed by atoms with E-state index in [1.165, 1.54) is 0 Å². The zero-order valence-corrected chi connectivity index (χ0v) is 24.5. The van der Waals surface area contributed by atoms with E-state index in [0.717, 1.165) is 71.3 Å². The molecule has 0 aliphatic heterocycles. The molecule has 9 aromatic rings. The lowest BCUT2D eigenvalue weighted by molar-refractivity contribution is 1.04. The zero-order chi connectivity index (χ0) is 30.2. The molecule has 6 aromatic carbocycles. The van der Waals surface area contributed by atoms with Gasteiger partial charge in [-0.2, -0.15) is 0 Å². The Kier molecular flexibility index (Phi) is 5.32. The molecule has 9 rings (SSSR count). The Balaban J connectivity index is 1.53. The number of benzene rings is 6. The van der Waals surface area contributed by atoms with E-state index in [2.05, 4.69) is 82.7 Å². The second-order valence-corrected chi connectivity index (χ2v) is 11.4. The molecule has 0 amide bonds. The minimum absolute atomic E-state index is 0.0971. The van der Waals surface area contributed by atoms with Crippen molar-refractivity contribution in [2.24, 2.45) is 0 Å². The van der Waals surface area contributed by atoms with Crippen LogP contribution in [0.4, 0.5) is 0 Å². The molecule has 2 N–H and O–H groups in total. The molecule has 6 nitrogen and oxygen atoms in total. The lowest BCUT2D eigenvalue weighted by Gasteiger charge is -2.15. The largest absolute Gasteiger partial charge is 0.359 e. The fourth-order valence-electron chi connectivity index (χ4n) is 7.09. The number of fused-ring (bicyclic) bond motifs is 9. The van der Waals surface area contributed by atoms with Crippen LogP contribution in [0.5, 0.6) is 0 Å². The van der Waals surface area contributed by atoms with Crippen LogP contribution in [0.15, 0.2) is 138 Å². The van der Waals surface area contributed by atoms with E-state index in [9.17, 15) is 4.79 Å². The summed E-state index contributed by atoms with van der Waals surface area (Å²) in [6.07, 6.45) is 0. The van der Waals surface area contributed by atoms with Crippen LogP contribution < -0.4 is 10.9 Å². The number of hydrogen-bond donors (Lipinski definition) is 2. The molecular weight excluding hydrogens is 554 g/mol. The van der Waals surface area contributed by atoms with Crippen LogP contribution >= 0.6 is 0 Å². The summed E-state index contributed by atoms with van der Waals surface area (Å²) in [6, 6.07) is 45.4. The van der Waals surface area contributed by atoms with Gasteiger partial charge in [0.2, 0.25) is 0 Å². The Bertz CT molecular complexity index is 2720. The SMILES string of the molecule is CNC(=N)n1c2ccccc2c2cc3c(cc21)c(=O)n(-c1ccccc1)c1cc2c(cc31)c1ccccc1n2-c1ccccc1. The molecule has 0 saturated carbocycles. The van der Waals surface area contributed by atoms with Gasteiger partial charge in [-0.05, 0) is 66.0 Å². The Morgan fingerprint density at radius 1 is 0.489 bits per heavy atom. The third kappa shape index (κ3) is 3.50. The summed E-state index contributed by atoms with van der Waals surface area (Å²) in [5.41, 5.74) is 6.52. The van der Waals surface area contributed by atoms with E-state index < -0.39 is 0 Å². The molecule has 3 heterocycles. The van der Waals surface area contributed by atoms with Crippen molar-refractivity contribution in [1.29, 1.82) is 5.41 Å². The van der Waals surface area contributed by atoms with E-state index in [4.69, 9.17) is 5.41 Å². The lowest BCUT2D eigenvalue weighted by atomic mass is 10.0. The molecule has 0 atom stereocenters. The summed E-state index contributed by atoms with van der Waals surface area (Å²) >= 11 is 0. The Labute approximate surface area is 257 Å². The normalized spacial score (nSPS) is 11.8. The number of pyridine rings is 1. The molecule has 0 radical (unpaired) electrons. The molecule has 0 spiro atoms. The smallest absolute Gasteiger partial charge is 0.263 e. The minimum Gasteiger partial charge on any atom is -0.359 e. The predicted octanol–water partition coefficient (Wildman–Crippen LogP) is 8.35. The van der Waals surface area contributed by atoms with Crippen molar-refractivity contribution >= 4 is 71.2 Å². The third-order valence-corrected chi connectivity index (χ3v) is 9.06. The quantitative estimate of drug-likeness (QED) is 0.122. The first-order valence-corrected chi connectivity index (χ1v) is 15.0. The molecule has 0 unspecified atom stereocenters. The maximum atomic E-state index is 14.7. The maximum Gasteiger partial charge on any atom is 0.263 e. The van der Waals surface area contributed by atoms with Gasteiger partial charge < -0.3 is 9.88 Å². The van der Waals surface area contributed by atoms with Gasteiger partial charge in [0.05, 0.1) is 33.0 Å². The van der Waals surface area contributed by atoms with Gasteiger partial charge >= 0.3 is 0 Å². The molecular formula is C39H27N5O. The molecule has 45 heavy (non-hydrogen) atoms. The Morgan fingerprint density at radius 3 is 1.69 bits per heavy atom. The molecule has 0 fully saturated rings. The lowest BCUT2D eigenvalue weighted by Crippen LogP contribution is -2.25. The molecule has 3 aromatic heterocycles.